The van der Waals surface area contributed by atoms with Crippen LogP contribution in [-0.4, -0.2) is 25.7 Å². The van der Waals surface area contributed by atoms with Crippen LogP contribution in [0.5, 0.6) is 17.2 Å². The number of carbonyl (C=O) groups excluding carboxylic acids is 2. The first kappa shape index (κ1) is 31.5. The smallest absolute Gasteiger partial charge is 0.343 e. The maximum Gasteiger partial charge on any atom is 0.343 e. The largest absolute Gasteiger partial charge is 0.497 e. The zero-order valence-corrected chi connectivity index (χ0v) is 24.3. The number of rotatable bonds is 14. The number of ether oxygens (including phenoxy) is 4. The topological polar surface area (TPSA) is 71.1 Å². The second-order valence-corrected chi connectivity index (χ2v) is 10.2. The number of esters is 2. The van der Waals surface area contributed by atoms with Gasteiger partial charge in [-0.25, -0.2) is 9.59 Å². The average molecular weight is 559 g/mol. The summed E-state index contributed by atoms with van der Waals surface area (Å²) in [5.74, 6) is 2.35. The molecule has 6 nitrogen and oxygen atoms in total. The molecule has 0 bridgehead atoms. The van der Waals surface area contributed by atoms with Crippen LogP contribution in [0.4, 0.5) is 0 Å². The average Bonchev–Trinajstić information content (AvgIpc) is 2.98. The van der Waals surface area contributed by atoms with Crippen LogP contribution in [0.15, 0.2) is 85.5 Å². The SMILES string of the molecule is C=CC(=O)OCCCCCCC1CCC1.COc1ccc(COc2ccc(OC(=O)c3ccc(C)cc3)cc2)cc1. The molecule has 0 unspecified atom stereocenters. The van der Waals surface area contributed by atoms with Gasteiger partial charge in [-0.05, 0) is 73.4 Å². The first-order chi connectivity index (χ1) is 20.0. The fraction of sp³-hybridized carbons (Fsp3) is 0.371. The van der Waals surface area contributed by atoms with E-state index in [9.17, 15) is 9.59 Å². The monoisotopic (exact) mass is 558 g/mol. The number of methoxy groups -OCH3 is 1. The maximum atomic E-state index is 12.1. The van der Waals surface area contributed by atoms with Gasteiger partial charge in [0.25, 0.3) is 0 Å². The highest BCUT2D eigenvalue weighted by Gasteiger charge is 2.16. The number of aryl methyl sites for hydroxylation is 1. The third-order valence-corrected chi connectivity index (χ3v) is 7.03. The molecule has 1 aliphatic rings. The number of carbonyl (C=O) groups is 2. The van der Waals surface area contributed by atoms with Crippen molar-refractivity contribution in [2.75, 3.05) is 13.7 Å². The number of unbranched alkanes of at least 4 members (excludes halogenated alkanes) is 3. The van der Waals surface area contributed by atoms with Gasteiger partial charge in [0.2, 0.25) is 0 Å². The van der Waals surface area contributed by atoms with Crippen LogP contribution in [0.2, 0.25) is 0 Å². The van der Waals surface area contributed by atoms with E-state index in [1.165, 1.54) is 51.0 Å². The predicted octanol–water partition coefficient (Wildman–Crippen LogP) is 8.27. The fourth-order valence-corrected chi connectivity index (χ4v) is 4.25. The van der Waals surface area contributed by atoms with E-state index in [0.29, 0.717) is 30.3 Å². The molecule has 0 radical (unpaired) electrons. The van der Waals surface area contributed by atoms with Gasteiger partial charge in [-0.2, -0.15) is 0 Å². The van der Waals surface area contributed by atoms with Gasteiger partial charge < -0.3 is 18.9 Å². The second-order valence-electron chi connectivity index (χ2n) is 10.2. The summed E-state index contributed by atoms with van der Waals surface area (Å²) in [5, 5.41) is 0. The summed E-state index contributed by atoms with van der Waals surface area (Å²) < 4.78 is 21.1. The van der Waals surface area contributed by atoms with E-state index >= 15 is 0 Å². The Morgan fingerprint density at radius 1 is 0.829 bits per heavy atom. The Hall–Kier alpha value is -4.06. The highest BCUT2D eigenvalue weighted by Crippen LogP contribution is 2.31. The molecule has 6 heteroatoms. The predicted molar refractivity (Wildman–Crippen MR) is 161 cm³/mol. The Morgan fingerprint density at radius 3 is 2.07 bits per heavy atom. The van der Waals surface area contributed by atoms with Crippen LogP contribution in [-0.2, 0) is 16.1 Å². The lowest BCUT2D eigenvalue weighted by atomic mass is 9.82. The molecule has 41 heavy (non-hydrogen) atoms. The van der Waals surface area contributed by atoms with E-state index in [0.717, 1.165) is 29.2 Å². The van der Waals surface area contributed by atoms with Crippen molar-refractivity contribution in [2.45, 2.75) is 64.9 Å². The van der Waals surface area contributed by atoms with Gasteiger partial charge in [0.15, 0.2) is 0 Å². The molecule has 0 aromatic heterocycles. The molecule has 0 heterocycles. The molecule has 3 aromatic rings. The van der Waals surface area contributed by atoms with Gasteiger partial charge in [-0.15, -0.1) is 0 Å². The van der Waals surface area contributed by atoms with Crippen LogP contribution in [0.1, 0.15) is 72.9 Å². The van der Waals surface area contributed by atoms with Gasteiger partial charge in [0.05, 0.1) is 19.3 Å². The molecule has 0 amide bonds. The molecular formula is C35H42O6. The maximum absolute atomic E-state index is 12.1. The normalized spacial score (nSPS) is 12.2. The Morgan fingerprint density at radius 2 is 1.46 bits per heavy atom. The summed E-state index contributed by atoms with van der Waals surface area (Å²) in [6, 6.07) is 22.0. The van der Waals surface area contributed by atoms with E-state index in [4.69, 9.17) is 18.9 Å². The van der Waals surface area contributed by atoms with Crippen LogP contribution in [0.25, 0.3) is 0 Å². The first-order valence-electron chi connectivity index (χ1n) is 14.4. The highest BCUT2D eigenvalue weighted by atomic mass is 16.5. The van der Waals surface area contributed by atoms with Crippen LogP contribution in [0, 0.1) is 12.8 Å². The molecule has 0 spiro atoms. The zero-order chi connectivity index (χ0) is 29.3. The van der Waals surface area contributed by atoms with E-state index in [-0.39, 0.29) is 11.9 Å². The van der Waals surface area contributed by atoms with E-state index < -0.39 is 0 Å². The van der Waals surface area contributed by atoms with Crippen molar-refractivity contribution >= 4 is 11.9 Å². The first-order valence-corrected chi connectivity index (χ1v) is 14.4. The third kappa shape index (κ3) is 11.9. The number of benzene rings is 3. The van der Waals surface area contributed by atoms with Crippen LogP contribution in [0.3, 0.4) is 0 Å². The molecule has 218 valence electrons. The second kappa shape index (κ2) is 17.6. The summed E-state index contributed by atoms with van der Waals surface area (Å²) in [7, 11) is 1.64. The summed E-state index contributed by atoms with van der Waals surface area (Å²) in [4.78, 5) is 22.8. The lowest BCUT2D eigenvalue weighted by Gasteiger charge is -2.24. The van der Waals surface area contributed by atoms with Crippen molar-refractivity contribution in [1.82, 2.24) is 0 Å². The molecule has 0 saturated heterocycles. The van der Waals surface area contributed by atoms with Gasteiger partial charge in [-0.3, -0.25) is 0 Å². The molecule has 1 fully saturated rings. The lowest BCUT2D eigenvalue weighted by molar-refractivity contribution is -0.137. The van der Waals surface area contributed by atoms with Gasteiger partial charge in [0, 0.05) is 6.08 Å². The zero-order valence-electron chi connectivity index (χ0n) is 24.3. The van der Waals surface area contributed by atoms with Crippen molar-refractivity contribution in [2.24, 2.45) is 5.92 Å². The number of hydrogen-bond donors (Lipinski definition) is 0. The van der Waals surface area contributed by atoms with E-state index in [2.05, 4.69) is 6.58 Å². The molecule has 0 atom stereocenters. The quantitative estimate of drug-likeness (QED) is 0.0858. The Kier molecular flexibility index (Phi) is 13.5. The molecule has 1 aliphatic carbocycles. The van der Waals surface area contributed by atoms with Crippen molar-refractivity contribution < 1.29 is 28.5 Å². The summed E-state index contributed by atoms with van der Waals surface area (Å²) in [5.41, 5.74) is 2.66. The van der Waals surface area contributed by atoms with Gasteiger partial charge >= 0.3 is 11.9 Å². The third-order valence-electron chi connectivity index (χ3n) is 7.03. The van der Waals surface area contributed by atoms with Crippen molar-refractivity contribution in [3.63, 3.8) is 0 Å². The molecule has 4 rings (SSSR count). The molecule has 1 saturated carbocycles. The Labute approximate surface area is 244 Å². The molecule has 3 aromatic carbocycles. The Balaban J connectivity index is 0.000000263. The van der Waals surface area contributed by atoms with Crippen LogP contribution >= 0.6 is 0 Å². The van der Waals surface area contributed by atoms with Crippen molar-refractivity contribution in [3.05, 3.63) is 102 Å². The molecule has 0 N–H and O–H groups in total. The fourth-order valence-electron chi connectivity index (χ4n) is 4.25. The van der Waals surface area contributed by atoms with Gasteiger partial charge in [0.1, 0.15) is 23.9 Å². The van der Waals surface area contributed by atoms with E-state index in [1.807, 2.05) is 43.3 Å². The molecular weight excluding hydrogens is 516 g/mol. The standard InChI is InChI=1S/C22H20O4.C13H22O2/c1-16-3-7-18(8-4-16)22(23)26-21-13-11-20(12-14-21)25-15-17-5-9-19(24-2)10-6-17;1-2-13(14)15-11-6-4-3-5-8-12-9-7-10-12/h3-14H,15H2,1-2H3;2,12H,1,3-11H2. The minimum atomic E-state index is -0.378. The number of hydrogen-bond acceptors (Lipinski definition) is 6. The van der Waals surface area contributed by atoms with Crippen molar-refractivity contribution in [1.29, 1.82) is 0 Å². The minimum Gasteiger partial charge on any atom is -0.497 e. The van der Waals surface area contributed by atoms with E-state index in [1.54, 1.807) is 43.5 Å². The Bertz CT molecular complexity index is 1190. The minimum absolute atomic E-state index is 0.301. The lowest BCUT2D eigenvalue weighted by Crippen LogP contribution is -2.10. The molecule has 0 aliphatic heterocycles. The summed E-state index contributed by atoms with van der Waals surface area (Å²) in [6.45, 7) is 6.32. The van der Waals surface area contributed by atoms with Crippen LogP contribution < -0.4 is 14.2 Å². The highest BCUT2D eigenvalue weighted by molar-refractivity contribution is 5.91. The van der Waals surface area contributed by atoms with Crippen molar-refractivity contribution in [3.8, 4) is 17.2 Å². The summed E-state index contributed by atoms with van der Waals surface area (Å²) >= 11 is 0. The van der Waals surface area contributed by atoms with Gasteiger partial charge in [-0.1, -0.05) is 81.4 Å². The summed E-state index contributed by atoms with van der Waals surface area (Å²) in [6.07, 6.45) is 11.8.